The molecule has 0 amide bonds. The quantitative estimate of drug-likeness (QED) is 0.667. The Morgan fingerprint density at radius 2 is 1.90 bits per heavy atom. The van der Waals surface area contributed by atoms with Crippen molar-refractivity contribution in [2.24, 2.45) is 11.8 Å². The fourth-order valence-corrected chi connectivity index (χ4v) is 2.54. The number of esters is 1. The Bertz CT molecular complexity index is 519. The molecule has 3 atom stereocenters. The number of halogens is 2. The van der Waals surface area contributed by atoms with Crippen molar-refractivity contribution < 1.29 is 18.3 Å². The molecule has 0 spiro atoms. The van der Waals surface area contributed by atoms with Crippen LogP contribution in [0.25, 0.3) is 0 Å². The number of rotatable bonds is 2. The van der Waals surface area contributed by atoms with Gasteiger partial charge < -0.3 is 10.5 Å². The lowest BCUT2D eigenvalue weighted by Crippen LogP contribution is -2.29. The van der Waals surface area contributed by atoms with Crippen molar-refractivity contribution in [1.82, 2.24) is 0 Å². The summed E-state index contributed by atoms with van der Waals surface area (Å²) in [5.74, 6) is -1.54. The van der Waals surface area contributed by atoms with Crippen molar-refractivity contribution in [3.63, 3.8) is 0 Å². The van der Waals surface area contributed by atoms with Gasteiger partial charge in [-0.25, -0.2) is 13.6 Å². The molecule has 0 radical (unpaired) electrons. The van der Waals surface area contributed by atoms with Crippen molar-refractivity contribution in [3.8, 4) is 0 Å². The number of nitrogens with two attached hydrogens (primary N) is 1. The van der Waals surface area contributed by atoms with Gasteiger partial charge in [-0.2, -0.15) is 0 Å². The highest BCUT2D eigenvalue weighted by atomic mass is 19.1. The Hall–Kier alpha value is -1.65. The molecule has 0 aromatic heterocycles. The molecule has 0 saturated heterocycles. The zero-order valence-corrected chi connectivity index (χ0v) is 11.7. The average molecular weight is 283 g/mol. The first-order valence-electron chi connectivity index (χ1n) is 6.84. The monoisotopic (exact) mass is 283 g/mol. The van der Waals surface area contributed by atoms with Gasteiger partial charge in [-0.15, -0.1) is 0 Å². The Balaban J connectivity index is 2.07. The van der Waals surface area contributed by atoms with E-state index in [-0.39, 0.29) is 17.4 Å². The van der Waals surface area contributed by atoms with E-state index in [0.717, 1.165) is 25.3 Å². The third kappa shape index (κ3) is 3.08. The van der Waals surface area contributed by atoms with Crippen molar-refractivity contribution in [2.45, 2.75) is 39.2 Å². The van der Waals surface area contributed by atoms with E-state index >= 15 is 0 Å². The number of carbonyl (C=O) groups is 1. The van der Waals surface area contributed by atoms with E-state index in [9.17, 15) is 13.6 Å². The molecule has 1 fully saturated rings. The zero-order chi connectivity index (χ0) is 14.9. The number of anilines is 1. The summed E-state index contributed by atoms with van der Waals surface area (Å²) in [5.41, 5.74) is 4.78. The molecule has 1 aromatic rings. The maximum absolute atomic E-state index is 13.6. The van der Waals surface area contributed by atoms with Crippen LogP contribution in [0.3, 0.4) is 0 Å². The first-order valence-corrected chi connectivity index (χ1v) is 6.84. The van der Waals surface area contributed by atoms with Gasteiger partial charge >= 0.3 is 5.97 Å². The van der Waals surface area contributed by atoms with Gasteiger partial charge in [0.05, 0.1) is 11.3 Å². The fraction of sp³-hybridized carbons (Fsp3) is 0.533. The van der Waals surface area contributed by atoms with Gasteiger partial charge in [-0.1, -0.05) is 13.8 Å². The molecule has 0 heterocycles. The van der Waals surface area contributed by atoms with E-state index in [2.05, 4.69) is 13.8 Å². The molecule has 0 bridgehead atoms. The Morgan fingerprint density at radius 1 is 1.20 bits per heavy atom. The standard InChI is InChI=1S/C15H19F2NO2/c1-8-3-4-10(5-9(8)2)20-15(19)11-6-14(18)13(17)7-12(11)16/h6-10H,3-5,18H2,1-2H3. The highest BCUT2D eigenvalue weighted by Gasteiger charge is 2.28. The van der Waals surface area contributed by atoms with Gasteiger partial charge in [0.15, 0.2) is 0 Å². The first kappa shape index (κ1) is 14.8. The van der Waals surface area contributed by atoms with Crippen molar-refractivity contribution in [1.29, 1.82) is 0 Å². The molecular formula is C15H19F2NO2. The van der Waals surface area contributed by atoms with Crippen molar-refractivity contribution in [3.05, 3.63) is 29.3 Å². The SMILES string of the molecule is CC1CCC(OC(=O)c2cc(N)c(F)cc2F)CC1C. The number of benzene rings is 1. The van der Waals surface area contributed by atoms with E-state index in [1.54, 1.807) is 0 Å². The number of carbonyl (C=O) groups excluding carboxylic acids is 1. The van der Waals surface area contributed by atoms with Crippen LogP contribution in [0, 0.1) is 23.5 Å². The van der Waals surface area contributed by atoms with Crippen LogP contribution in [-0.2, 0) is 4.74 Å². The van der Waals surface area contributed by atoms with Gasteiger partial charge in [-0.3, -0.25) is 0 Å². The Labute approximate surface area is 117 Å². The number of hydrogen-bond donors (Lipinski definition) is 1. The number of nitrogen functional groups attached to an aromatic ring is 1. The van der Waals surface area contributed by atoms with Crippen LogP contribution in [-0.4, -0.2) is 12.1 Å². The van der Waals surface area contributed by atoms with E-state index in [1.807, 2.05) is 0 Å². The summed E-state index contributed by atoms with van der Waals surface area (Å²) in [7, 11) is 0. The second kappa shape index (κ2) is 5.77. The molecule has 110 valence electrons. The van der Waals surface area contributed by atoms with Crippen molar-refractivity contribution >= 4 is 11.7 Å². The highest BCUT2D eigenvalue weighted by molar-refractivity contribution is 5.90. The van der Waals surface area contributed by atoms with Crippen LogP contribution in [0.2, 0.25) is 0 Å². The summed E-state index contributed by atoms with van der Waals surface area (Å²) in [6.07, 6.45) is 2.31. The van der Waals surface area contributed by atoms with Crippen LogP contribution in [0.1, 0.15) is 43.5 Å². The predicted molar refractivity (Wildman–Crippen MR) is 72.2 cm³/mol. The Kier molecular flexibility index (Phi) is 4.26. The lowest BCUT2D eigenvalue weighted by Gasteiger charge is -2.31. The Morgan fingerprint density at radius 3 is 2.55 bits per heavy atom. The summed E-state index contributed by atoms with van der Waals surface area (Å²) in [6, 6.07) is 1.60. The fourth-order valence-electron chi connectivity index (χ4n) is 2.54. The molecule has 1 aliphatic rings. The smallest absolute Gasteiger partial charge is 0.341 e. The van der Waals surface area contributed by atoms with Gasteiger partial charge in [0.2, 0.25) is 0 Å². The van der Waals surface area contributed by atoms with Gasteiger partial charge in [-0.05, 0) is 37.2 Å². The van der Waals surface area contributed by atoms with E-state index in [4.69, 9.17) is 10.5 Å². The molecule has 20 heavy (non-hydrogen) atoms. The molecule has 1 saturated carbocycles. The maximum atomic E-state index is 13.6. The van der Waals surface area contributed by atoms with Gasteiger partial charge in [0.25, 0.3) is 0 Å². The minimum Gasteiger partial charge on any atom is -0.459 e. The van der Waals surface area contributed by atoms with E-state index in [1.165, 1.54) is 0 Å². The summed E-state index contributed by atoms with van der Waals surface area (Å²) in [6.45, 7) is 4.28. The van der Waals surface area contributed by atoms with Crippen LogP contribution in [0.5, 0.6) is 0 Å². The van der Waals surface area contributed by atoms with E-state index in [0.29, 0.717) is 17.9 Å². The summed E-state index contributed by atoms with van der Waals surface area (Å²) < 4.78 is 32.0. The maximum Gasteiger partial charge on any atom is 0.341 e. The lowest BCUT2D eigenvalue weighted by atomic mass is 9.80. The van der Waals surface area contributed by atoms with Gasteiger partial charge in [0, 0.05) is 6.07 Å². The molecule has 1 aromatic carbocycles. The normalized spacial score (nSPS) is 26.3. The summed E-state index contributed by atoms with van der Waals surface area (Å²) in [4.78, 5) is 11.9. The molecule has 5 heteroatoms. The average Bonchev–Trinajstić information content (AvgIpc) is 2.38. The molecule has 2 rings (SSSR count). The minimum atomic E-state index is -0.945. The minimum absolute atomic E-state index is 0.209. The molecule has 3 unspecified atom stereocenters. The predicted octanol–water partition coefficient (Wildman–Crippen LogP) is 3.53. The number of ether oxygens (including phenoxy) is 1. The lowest BCUT2D eigenvalue weighted by molar-refractivity contribution is 0.00834. The van der Waals surface area contributed by atoms with Crippen LogP contribution < -0.4 is 5.73 Å². The molecular weight excluding hydrogens is 264 g/mol. The second-order valence-corrected chi connectivity index (χ2v) is 5.65. The topological polar surface area (TPSA) is 52.3 Å². The first-order chi connectivity index (χ1) is 9.38. The largest absolute Gasteiger partial charge is 0.459 e. The number of hydrogen-bond acceptors (Lipinski definition) is 3. The summed E-state index contributed by atoms with van der Waals surface area (Å²) >= 11 is 0. The van der Waals surface area contributed by atoms with Crippen LogP contribution in [0.4, 0.5) is 14.5 Å². The molecule has 0 aliphatic heterocycles. The molecule has 3 nitrogen and oxygen atoms in total. The van der Waals surface area contributed by atoms with Gasteiger partial charge in [0.1, 0.15) is 17.7 Å². The van der Waals surface area contributed by atoms with Crippen LogP contribution in [0.15, 0.2) is 12.1 Å². The molecule has 2 N–H and O–H groups in total. The highest BCUT2D eigenvalue weighted by Crippen LogP contribution is 2.31. The van der Waals surface area contributed by atoms with Crippen LogP contribution >= 0.6 is 0 Å². The molecule has 1 aliphatic carbocycles. The second-order valence-electron chi connectivity index (χ2n) is 5.65. The third-order valence-electron chi connectivity index (χ3n) is 4.13. The third-order valence-corrected chi connectivity index (χ3v) is 4.13. The van der Waals surface area contributed by atoms with E-state index < -0.39 is 17.6 Å². The summed E-state index contributed by atoms with van der Waals surface area (Å²) in [5, 5.41) is 0. The zero-order valence-electron chi connectivity index (χ0n) is 11.7. The van der Waals surface area contributed by atoms with Crippen molar-refractivity contribution in [2.75, 3.05) is 5.73 Å².